The molecule has 26 heavy (non-hydrogen) atoms. The SMILES string of the molecule is COc1cc(-c2cc(NC(=O)c3cccnc3)n[nH]2)cc(OC)c1OC. The lowest BCUT2D eigenvalue weighted by Crippen LogP contribution is -2.12. The number of rotatable bonds is 6. The van der Waals surface area contributed by atoms with Crippen molar-refractivity contribution in [2.24, 2.45) is 0 Å². The maximum Gasteiger partial charge on any atom is 0.258 e. The summed E-state index contributed by atoms with van der Waals surface area (Å²) in [4.78, 5) is 16.1. The van der Waals surface area contributed by atoms with Gasteiger partial charge in [0, 0.05) is 24.0 Å². The third-order valence-electron chi connectivity index (χ3n) is 3.72. The molecule has 0 atom stereocenters. The van der Waals surface area contributed by atoms with E-state index in [1.165, 1.54) is 6.20 Å². The van der Waals surface area contributed by atoms with E-state index in [9.17, 15) is 4.79 Å². The zero-order valence-corrected chi connectivity index (χ0v) is 14.6. The zero-order chi connectivity index (χ0) is 18.5. The minimum atomic E-state index is -0.291. The molecule has 8 nitrogen and oxygen atoms in total. The van der Waals surface area contributed by atoms with Gasteiger partial charge in [0.05, 0.1) is 32.6 Å². The summed E-state index contributed by atoms with van der Waals surface area (Å²) < 4.78 is 16.0. The van der Waals surface area contributed by atoms with E-state index in [0.29, 0.717) is 34.3 Å². The van der Waals surface area contributed by atoms with Crippen LogP contribution in [0.3, 0.4) is 0 Å². The summed E-state index contributed by atoms with van der Waals surface area (Å²) in [7, 11) is 4.64. The molecule has 0 spiro atoms. The largest absolute Gasteiger partial charge is 0.493 e. The van der Waals surface area contributed by atoms with Gasteiger partial charge in [-0.15, -0.1) is 0 Å². The van der Waals surface area contributed by atoms with Gasteiger partial charge in [0.25, 0.3) is 5.91 Å². The molecule has 0 unspecified atom stereocenters. The van der Waals surface area contributed by atoms with Gasteiger partial charge in [-0.1, -0.05) is 0 Å². The Morgan fingerprint density at radius 1 is 1.08 bits per heavy atom. The van der Waals surface area contributed by atoms with Crippen LogP contribution in [-0.4, -0.2) is 42.4 Å². The third-order valence-corrected chi connectivity index (χ3v) is 3.72. The number of H-pyrrole nitrogens is 1. The number of hydrogen-bond donors (Lipinski definition) is 2. The van der Waals surface area contributed by atoms with Crippen molar-refractivity contribution >= 4 is 11.7 Å². The topological polar surface area (TPSA) is 98.4 Å². The monoisotopic (exact) mass is 354 g/mol. The first-order valence-electron chi connectivity index (χ1n) is 7.73. The number of amides is 1. The van der Waals surface area contributed by atoms with Gasteiger partial charge < -0.3 is 19.5 Å². The second-order valence-electron chi connectivity index (χ2n) is 5.28. The Morgan fingerprint density at radius 3 is 2.38 bits per heavy atom. The fourth-order valence-electron chi connectivity index (χ4n) is 2.46. The van der Waals surface area contributed by atoms with Crippen molar-refractivity contribution in [1.82, 2.24) is 15.2 Å². The number of nitrogens with zero attached hydrogens (tertiary/aromatic N) is 2. The highest BCUT2D eigenvalue weighted by molar-refractivity contribution is 6.03. The Labute approximate surface area is 150 Å². The number of aromatic amines is 1. The maximum absolute atomic E-state index is 12.2. The molecule has 3 aromatic rings. The normalized spacial score (nSPS) is 10.3. The van der Waals surface area contributed by atoms with Gasteiger partial charge in [0.1, 0.15) is 0 Å². The second-order valence-corrected chi connectivity index (χ2v) is 5.28. The van der Waals surface area contributed by atoms with Crippen LogP contribution in [0.4, 0.5) is 5.82 Å². The van der Waals surface area contributed by atoms with Gasteiger partial charge in [-0.2, -0.15) is 5.10 Å². The first-order chi connectivity index (χ1) is 12.7. The van der Waals surface area contributed by atoms with Crippen LogP contribution in [0.25, 0.3) is 11.3 Å². The Kier molecular flexibility index (Phi) is 5.02. The summed E-state index contributed by atoms with van der Waals surface area (Å²) in [6.45, 7) is 0. The van der Waals surface area contributed by atoms with Crippen molar-refractivity contribution in [3.8, 4) is 28.5 Å². The smallest absolute Gasteiger partial charge is 0.258 e. The van der Waals surface area contributed by atoms with Crippen molar-refractivity contribution in [2.75, 3.05) is 26.6 Å². The molecule has 0 aliphatic rings. The number of ether oxygens (including phenoxy) is 3. The van der Waals surface area contributed by atoms with E-state index in [1.807, 2.05) is 0 Å². The standard InChI is InChI=1S/C18H18N4O4/c1-24-14-7-12(8-15(25-2)17(14)26-3)13-9-16(22-21-13)20-18(23)11-5-4-6-19-10-11/h4-10H,1-3H3,(H2,20,21,22,23). The summed E-state index contributed by atoms with van der Waals surface area (Å²) in [5.74, 6) is 1.65. The number of pyridine rings is 1. The summed E-state index contributed by atoms with van der Waals surface area (Å²) in [6.07, 6.45) is 3.09. The average molecular weight is 354 g/mol. The molecule has 0 saturated heterocycles. The lowest BCUT2D eigenvalue weighted by molar-refractivity contribution is 0.102. The number of methoxy groups -OCH3 is 3. The highest BCUT2D eigenvalue weighted by atomic mass is 16.5. The minimum absolute atomic E-state index is 0.291. The molecular formula is C18H18N4O4. The van der Waals surface area contributed by atoms with Crippen LogP contribution in [0.15, 0.2) is 42.7 Å². The quantitative estimate of drug-likeness (QED) is 0.706. The van der Waals surface area contributed by atoms with E-state index in [4.69, 9.17) is 14.2 Å². The molecule has 2 heterocycles. The highest BCUT2D eigenvalue weighted by Gasteiger charge is 2.16. The molecule has 8 heteroatoms. The van der Waals surface area contributed by atoms with Crippen LogP contribution in [0.5, 0.6) is 17.2 Å². The van der Waals surface area contributed by atoms with E-state index >= 15 is 0 Å². The number of carbonyl (C=O) groups is 1. The number of hydrogen-bond acceptors (Lipinski definition) is 6. The van der Waals surface area contributed by atoms with E-state index < -0.39 is 0 Å². The van der Waals surface area contributed by atoms with Crippen LogP contribution in [0.1, 0.15) is 10.4 Å². The van der Waals surface area contributed by atoms with Gasteiger partial charge in [-0.05, 0) is 24.3 Å². The summed E-state index contributed by atoms with van der Waals surface area (Å²) >= 11 is 0. The summed E-state index contributed by atoms with van der Waals surface area (Å²) in [6, 6.07) is 8.67. The predicted octanol–water partition coefficient (Wildman–Crippen LogP) is 2.75. The Morgan fingerprint density at radius 2 is 1.81 bits per heavy atom. The Hall–Kier alpha value is -3.55. The molecule has 2 aromatic heterocycles. The van der Waals surface area contributed by atoms with Crippen molar-refractivity contribution in [2.45, 2.75) is 0 Å². The van der Waals surface area contributed by atoms with Crippen LogP contribution in [0, 0.1) is 0 Å². The molecule has 3 rings (SSSR count). The lowest BCUT2D eigenvalue weighted by Gasteiger charge is -2.13. The molecule has 1 aromatic carbocycles. The zero-order valence-electron chi connectivity index (χ0n) is 14.6. The molecule has 1 amide bonds. The first-order valence-corrected chi connectivity index (χ1v) is 7.73. The van der Waals surface area contributed by atoms with Gasteiger partial charge >= 0.3 is 0 Å². The number of aromatic nitrogens is 3. The number of anilines is 1. The van der Waals surface area contributed by atoms with Crippen molar-refractivity contribution in [3.05, 3.63) is 48.3 Å². The third kappa shape index (κ3) is 3.44. The van der Waals surface area contributed by atoms with Crippen molar-refractivity contribution in [1.29, 1.82) is 0 Å². The lowest BCUT2D eigenvalue weighted by atomic mass is 10.1. The van der Waals surface area contributed by atoms with Crippen molar-refractivity contribution in [3.63, 3.8) is 0 Å². The molecule has 0 radical (unpaired) electrons. The molecule has 0 fully saturated rings. The van der Waals surface area contributed by atoms with E-state index in [0.717, 1.165) is 5.56 Å². The van der Waals surface area contributed by atoms with Crippen molar-refractivity contribution < 1.29 is 19.0 Å². The predicted molar refractivity (Wildman–Crippen MR) is 95.9 cm³/mol. The fourth-order valence-corrected chi connectivity index (χ4v) is 2.46. The Bertz CT molecular complexity index is 884. The van der Waals surface area contributed by atoms with Crippen LogP contribution < -0.4 is 19.5 Å². The van der Waals surface area contributed by atoms with Gasteiger partial charge in [0.15, 0.2) is 17.3 Å². The number of nitrogens with one attached hydrogen (secondary N) is 2. The first kappa shape index (κ1) is 17.3. The molecular weight excluding hydrogens is 336 g/mol. The minimum Gasteiger partial charge on any atom is -0.493 e. The van der Waals surface area contributed by atoms with E-state index in [1.54, 1.807) is 57.9 Å². The van der Waals surface area contributed by atoms with Gasteiger partial charge in [-0.3, -0.25) is 14.9 Å². The molecule has 134 valence electrons. The average Bonchev–Trinajstić information content (AvgIpc) is 3.15. The van der Waals surface area contributed by atoms with Crippen LogP contribution in [0.2, 0.25) is 0 Å². The molecule has 0 aliphatic carbocycles. The number of carbonyl (C=O) groups excluding carboxylic acids is 1. The van der Waals surface area contributed by atoms with Crippen LogP contribution in [-0.2, 0) is 0 Å². The van der Waals surface area contributed by atoms with E-state index in [-0.39, 0.29) is 5.91 Å². The van der Waals surface area contributed by atoms with Crippen LogP contribution >= 0.6 is 0 Å². The highest BCUT2D eigenvalue weighted by Crippen LogP contribution is 2.41. The van der Waals surface area contributed by atoms with Gasteiger partial charge in [0.2, 0.25) is 5.75 Å². The summed E-state index contributed by atoms with van der Waals surface area (Å²) in [5.41, 5.74) is 1.91. The fraction of sp³-hybridized carbons (Fsp3) is 0.167. The van der Waals surface area contributed by atoms with Gasteiger partial charge in [-0.25, -0.2) is 0 Å². The second kappa shape index (κ2) is 7.56. The molecule has 2 N–H and O–H groups in total. The Balaban J connectivity index is 1.87. The summed E-state index contributed by atoms with van der Waals surface area (Å²) in [5, 5.41) is 9.73. The maximum atomic E-state index is 12.2. The molecule has 0 bridgehead atoms. The number of benzene rings is 1. The molecule has 0 aliphatic heterocycles. The van der Waals surface area contributed by atoms with E-state index in [2.05, 4.69) is 20.5 Å². The molecule has 0 saturated carbocycles.